The summed E-state index contributed by atoms with van der Waals surface area (Å²) in [5, 5.41) is 26.4. The molecule has 2 aromatic rings. The Morgan fingerprint density at radius 3 is 2.48 bits per heavy atom. The number of amides is 1. The van der Waals surface area contributed by atoms with Gasteiger partial charge in [-0.15, -0.1) is 0 Å². The van der Waals surface area contributed by atoms with Gasteiger partial charge in [-0.2, -0.15) is 5.26 Å². The SMILES string of the molecule is COc1cc(/C=C(\C#N)C(=O)Nc2ccc(S(N)(=O)=O)cc2)cc(Cl)c1O. The summed E-state index contributed by atoms with van der Waals surface area (Å²) < 4.78 is 27.4. The predicted octanol–water partition coefficient (Wildman–Crippen LogP) is 2.25. The third kappa shape index (κ3) is 4.98. The van der Waals surface area contributed by atoms with E-state index in [-0.39, 0.29) is 32.7 Å². The molecule has 0 unspecified atom stereocenters. The van der Waals surface area contributed by atoms with Gasteiger partial charge in [0.2, 0.25) is 10.0 Å². The maximum atomic E-state index is 12.3. The van der Waals surface area contributed by atoms with Crippen LogP contribution in [0.25, 0.3) is 6.08 Å². The van der Waals surface area contributed by atoms with Crippen LogP contribution < -0.4 is 15.2 Å². The molecule has 0 saturated heterocycles. The molecule has 4 N–H and O–H groups in total. The number of primary sulfonamides is 1. The summed E-state index contributed by atoms with van der Waals surface area (Å²) in [6, 6.07) is 9.68. The van der Waals surface area contributed by atoms with E-state index in [2.05, 4.69) is 5.32 Å². The molecule has 0 radical (unpaired) electrons. The van der Waals surface area contributed by atoms with Gasteiger partial charge in [-0.05, 0) is 48.0 Å². The summed E-state index contributed by atoms with van der Waals surface area (Å²) >= 11 is 5.88. The molecule has 0 spiro atoms. The minimum absolute atomic E-state index is 0.00289. The van der Waals surface area contributed by atoms with E-state index < -0.39 is 15.9 Å². The summed E-state index contributed by atoms with van der Waals surface area (Å²) in [7, 11) is -2.51. The van der Waals surface area contributed by atoms with Crippen LogP contribution in [-0.2, 0) is 14.8 Å². The standard InChI is InChI=1S/C17H14ClN3O5S/c1-26-15-8-10(7-14(18)16(15)22)6-11(9-19)17(23)21-12-2-4-13(5-3-12)27(20,24)25/h2-8,22H,1H3,(H,21,23)(H2,20,24,25)/b11-6+. The lowest BCUT2D eigenvalue weighted by molar-refractivity contribution is -0.112. The number of hydrogen-bond acceptors (Lipinski definition) is 6. The van der Waals surface area contributed by atoms with E-state index in [1.54, 1.807) is 6.07 Å². The highest BCUT2D eigenvalue weighted by molar-refractivity contribution is 7.89. The van der Waals surface area contributed by atoms with Crippen LogP contribution in [0.4, 0.5) is 5.69 Å². The summed E-state index contributed by atoms with van der Waals surface area (Å²) in [6.07, 6.45) is 1.27. The molecule has 1 amide bonds. The van der Waals surface area contributed by atoms with Crippen LogP contribution in [0.5, 0.6) is 11.5 Å². The van der Waals surface area contributed by atoms with E-state index >= 15 is 0 Å². The van der Waals surface area contributed by atoms with Gasteiger partial charge >= 0.3 is 0 Å². The minimum atomic E-state index is -3.85. The van der Waals surface area contributed by atoms with Crippen LogP contribution in [0.3, 0.4) is 0 Å². The number of carbonyl (C=O) groups excluding carboxylic acids is 1. The van der Waals surface area contributed by atoms with Gasteiger partial charge < -0.3 is 15.2 Å². The van der Waals surface area contributed by atoms with Crippen molar-refractivity contribution in [2.45, 2.75) is 4.90 Å². The molecule has 0 saturated carbocycles. The van der Waals surface area contributed by atoms with Gasteiger partial charge in [-0.3, -0.25) is 4.79 Å². The van der Waals surface area contributed by atoms with Crippen molar-refractivity contribution in [3.05, 3.63) is 52.6 Å². The monoisotopic (exact) mass is 407 g/mol. The molecule has 140 valence electrons. The van der Waals surface area contributed by atoms with Crippen molar-refractivity contribution >= 4 is 39.3 Å². The molecule has 0 heterocycles. The molecular weight excluding hydrogens is 394 g/mol. The highest BCUT2D eigenvalue weighted by Gasteiger charge is 2.13. The van der Waals surface area contributed by atoms with Gasteiger partial charge in [-0.25, -0.2) is 13.6 Å². The minimum Gasteiger partial charge on any atom is -0.503 e. The number of phenolic OH excluding ortho intramolecular Hbond substituents is 1. The molecule has 10 heteroatoms. The number of ether oxygens (including phenoxy) is 1. The first kappa shape index (κ1) is 20.3. The summed E-state index contributed by atoms with van der Waals surface area (Å²) in [6.45, 7) is 0. The maximum absolute atomic E-state index is 12.3. The van der Waals surface area contributed by atoms with Crippen LogP contribution in [-0.4, -0.2) is 26.5 Å². The Balaban J connectivity index is 2.27. The zero-order chi connectivity index (χ0) is 20.2. The molecule has 8 nitrogen and oxygen atoms in total. The van der Waals surface area contributed by atoms with Gasteiger partial charge in [0.25, 0.3) is 5.91 Å². The third-order valence-electron chi connectivity index (χ3n) is 3.39. The number of nitriles is 1. The van der Waals surface area contributed by atoms with Crippen molar-refractivity contribution in [3.8, 4) is 17.6 Å². The van der Waals surface area contributed by atoms with E-state index in [1.807, 2.05) is 0 Å². The molecule has 0 atom stereocenters. The summed E-state index contributed by atoms with van der Waals surface area (Å²) in [5.74, 6) is -0.886. The Morgan fingerprint density at radius 2 is 1.96 bits per heavy atom. The van der Waals surface area contributed by atoms with E-state index in [4.69, 9.17) is 21.5 Å². The second kappa shape index (κ2) is 8.09. The number of methoxy groups -OCH3 is 1. The fourth-order valence-corrected chi connectivity index (χ4v) is 2.81. The van der Waals surface area contributed by atoms with Crippen molar-refractivity contribution in [1.29, 1.82) is 5.26 Å². The van der Waals surface area contributed by atoms with Crippen LogP contribution in [0, 0.1) is 11.3 Å². The summed E-state index contributed by atoms with van der Waals surface area (Å²) in [4.78, 5) is 12.2. The highest BCUT2D eigenvalue weighted by atomic mass is 35.5. The molecule has 2 rings (SSSR count). The van der Waals surface area contributed by atoms with Gasteiger partial charge in [0.05, 0.1) is 17.0 Å². The number of anilines is 1. The second-order valence-corrected chi connectivity index (χ2v) is 7.22. The fraction of sp³-hybridized carbons (Fsp3) is 0.0588. The lowest BCUT2D eigenvalue weighted by Gasteiger charge is -2.08. The van der Waals surface area contributed by atoms with Gasteiger partial charge in [0.1, 0.15) is 11.6 Å². The molecule has 2 aromatic carbocycles. The quantitative estimate of drug-likeness (QED) is 0.512. The molecule has 0 aliphatic heterocycles. The lowest BCUT2D eigenvalue weighted by Crippen LogP contribution is -2.14. The molecule has 0 aliphatic carbocycles. The van der Waals surface area contributed by atoms with Crippen molar-refractivity contribution in [1.82, 2.24) is 0 Å². The Morgan fingerprint density at radius 1 is 1.33 bits per heavy atom. The fourth-order valence-electron chi connectivity index (χ4n) is 2.07. The molecule has 0 bridgehead atoms. The Kier molecular flexibility index (Phi) is 6.07. The van der Waals surface area contributed by atoms with Crippen molar-refractivity contribution < 1.29 is 23.1 Å². The molecule has 27 heavy (non-hydrogen) atoms. The zero-order valence-corrected chi connectivity index (χ0v) is 15.5. The first-order valence-electron chi connectivity index (χ1n) is 7.28. The van der Waals surface area contributed by atoms with Crippen LogP contribution in [0.15, 0.2) is 46.9 Å². The first-order valence-corrected chi connectivity index (χ1v) is 9.20. The first-order chi connectivity index (χ1) is 12.7. The molecule has 0 fully saturated rings. The number of sulfonamides is 1. The zero-order valence-electron chi connectivity index (χ0n) is 13.9. The summed E-state index contributed by atoms with van der Waals surface area (Å²) in [5.41, 5.74) is 0.398. The Bertz CT molecular complexity index is 1060. The maximum Gasteiger partial charge on any atom is 0.266 e. The van der Waals surface area contributed by atoms with Gasteiger partial charge in [-0.1, -0.05) is 11.6 Å². The second-order valence-electron chi connectivity index (χ2n) is 5.25. The van der Waals surface area contributed by atoms with E-state index in [9.17, 15) is 23.6 Å². The van der Waals surface area contributed by atoms with Crippen molar-refractivity contribution in [2.75, 3.05) is 12.4 Å². The van der Waals surface area contributed by atoms with Crippen molar-refractivity contribution in [2.24, 2.45) is 5.14 Å². The van der Waals surface area contributed by atoms with E-state index in [0.29, 0.717) is 5.56 Å². The number of nitrogens with one attached hydrogen (secondary N) is 1. The average molecular weight is 408 g/mol. The lowest BCUT2D eigenvalue weighted by atomic mass is 10.1. The number of nitrogens with two attached hydrogens (primary N) is 1. The van der Waals surface area contributed by atoms with Gasteiger partial charge in [0, 0.05) is 5.69 Å². The number of benzene rings is 2. The Labute approximate surface area is 160 Å². The Hall–Kier alpha value is -3.06. The number of rotatable bonds is 5. The van der Waals surface area contributed by atoms with Crippen LogP contribution in [0.1, 0.15) is 5.56 Å². The third-order valence-corrected chi connectivity index (χ3v) is 4.60. The number of nitrogens with zero attached hydrogens (tertiary/aromatic N) is 1. The van der Waals surface area contributed by atoms with E-state index in [0.717, 1.165) is 0 Å². The number of phenols is 1. The highest BCUT2D eigenvalue weighted by Crippen LogP contribution is 2.35. The smallest absolute Gasteiger partial charge is 0.266 e. The molecular formula is C17H14ClN3O5S. The number of carbonyl (C=O) groups is 1. The van der Waals surface area contributed by atoms with Crippen molar-refractivity contribution in [3.63, 3.8) is 0 Å². The number of aromatic hydroxyl groups is 1. The van der Waals surface area contributed by atoms with Gasteiger partial charge in [0.15, 0.2) is 11.5 Å². The van der Waals surface area contributed by atoms with E-state index in [1.165, 1.54) is 49.6 Å². The normalized spacial score (nSPS) is 11.6. The predicted molar refractivity (Wildman–Crippen MR) is 99.7 cm³/mol. The number of hydrogen-bond donors (Lipinski definition) is 3. The largest absolute Gasteiger partial charge is 0.503 e. The molecule has 0 aromatic heterocycles. The molecule has 0 aliphatic rings. The van der Waals surface area contributed by atoms with Crippen LogP contribution >= 0.6 is 11.6 Å². The number of halogens is 1. The topological polar surface area (TPSA) is 143 Å². The van der Waals surface area contributed by atoms with Crippen LogP contribution in [0.2, 0.25) is 5.02 Å². The average Bonchev–Trinajstić information content (AvgIpc) is 2.61.